The number of hydrogen-bond acceptors (Lipinski definition) is 3. The molecule has 0 saturated heterocycles. The minimum absolute atomic E-state index is 0.766. The van der Waals surface area contributed by atoms with Crippen molar-refractivity contribution in [2.24, 2.45) is 0 Å². The largest absolute Gasteiger partial charge is 0.304 e. The van der Waals surface area contributed by atoms with Crippen molar-refractivity contribution in [3.63, 3.8) is 0 Å². The van der Waals surface area contributed by atoms with E-state index >= 15 is 0 Å². The van der Waals surface area contributed by atoms with Gasteiger partial charge in [0.15, 0.2) is 0 Å². The molecule has 0 radical (unpaired) electrons. The van der Waals surface area contributed by atoms with E-state index < -0.39 is 0 Å². The van der Waals surface area contributed by atoms with E-state index in [1.807, 2.05) is 10.7 Å². The van der Waals surface area contributed by atoms with Crippen molar-refractivity contribution in [2.75, 3.05) is 5.43 Å². The van der Waals surface area contributed by atoms with E-state index in [1.165, 1.54) is 0 Å². The van der Waals surface area contributed by atoms with Gasteiger partial charge >= 0.3 is 0 Å². The van der Waals surface area contributed by atoms with Gasteiger partial charge in [0.05, 0.1) is 6.20 Å². The molecule has 0 spiro atoms. The van der Waals surface area contributed by atoms with Crippen molar-refractivity contribution in [3.8, 4) is 0 Å². The summed E-state index contributed by atoms with van der Waals surface area (Å²) in [5.74, 6) is 1.03. The molecule has 42 valence electrons. The molecule has 1 aromatic rings. The van der Waals surface area contributed by atoms with Crippen molar-refractivity contribution < 1.29 is 0 Å². The minimum atomic E-state index is 0.766. The summed E-state index contributed by atoms with van der Waals surface area (Å²) >= 11 is 0. The maximum atomic E-state index is 3.99. The second-order valence-corrected chi connectivity index (χ2v) is 1.68. The number of aromatic nitrogens is 2. The summed E-state index contributed by atoms with van der Waals surface area (Å²) in [4.78, 5) is 0. The number of fused-ring (bicyclic) bond motifs is 1. The Labute approximate surface area is 46.5 Å². The lowest BCUT2D eigenvalue weighted by Gasteiger charge is -1.85. The van der Waals surface area contributed by atoms with Crippen LogP contribution in [0.5, 0.6) is 0 Å². The Morgan fingerprint density at radius 1 is 1.75 bits per heavy atom. The molecule has 2 heterocycles. The maximum Gasteiger partial charge on any atom is 0.140 e. The zero-order valence-corrected chi connectivity index (χ0v) is 4.26. The number of hydrazine groups is 1. The third-order valence-electron chi connectivity index (χ3n) is 1.16. The van der Waals surface area contributed by atoms with Crippen molar-refractivity contribution in [2.45, 2.75) is 6.67 Å². The summed E-state index contributed by atoms with van der Waals surface area (Å²) in [5.41, 5.74) is 5.85. The van der Waals surface area contributed by atoms with Gasteiger partial charge in [-0.15, -0.1) is 0 Å². The second-order valence-electron chi connectivity index (χ2n) is 1.68. The fraction of sp³-hybridized carbons (Fsp3) is 0.250. The normalized spacial score (nSPS) is 15.5. The van der Waals surface area contributed by atoms with Crippen LogP contribution in [0.15, 0.2) is 12.3 Å². The smallest absolute Gasteiger partial charge is 0.140 e. The highest BCUT2D eigenvalue weighted by Crippen LogP contribution is 2.06. The molecule has 2 rings (SSSR count). The van der Waals surface area contributed by atoms with Gasteiger partial charge in [0, 0.05) is 6.07 Å². The summed E-state index contributed by atoms with van der Waals surface area (Å²) in [5, 5.41) is 3.99. The average Bonchev–Trinajstić information content (AvgIpc) is 2.15. The number of anilines is 1. The van der Waals surface area contributed by atoms with E-state index in [0.29, 0.717) is 0 Å². The van der Waals surface area contributed by atoms with Crippen molar-refractivity contribution in [3.05, 3.63) is 12.3 Å². The molecule has 0 bridgehead atoms. The third kappa shape index (κ3) is 0.350. The van der Waals surface area contributed by atoms with Crippen LogP contribution >= 0.6 is 0 Å². The SMILES string of the molecule is c1cc2n(n1)CNN2. The highest BCUT2D eigenvalue weighted by atomic mass is 15.6. The standard InChI is InChI=1S/C4H6N4/c1-2-6-8-3-5-7-4(1)8/h1-2,5,7H,3H2. The van der Waals surface area contributed by atoms with E-state index in [4.69, 9.17) is 0 Å². The highest BCUT2D eigenvalue weighted by molar-refractivity contribution is 5.34. The Kier molecular flexibility index (Phi) is 0.599. The van der Waals surface area contributed by atoms with E-state index in [0.717, 1.165) is 12.5 Å². The molecule has 4 heteroatoms. The lowest BCUT2D eigenvalue weighted by Crippen LogP contribution is -2.13. The van der Waals surface area contributed by atoms with Gasteiger partial charge in [-0.3, -0.25) is 0 Å². The molecular weight excluding hydrogens is 104 g/mol. The van der Waals surface area contributed by atoms with Crippen molar-refractivity contribution >= 4 is 5.82 Å². The molecule has 1 aliphatic heterocycles. The molecule has 1 aliphatic rings. The number of nitrogens with one attached hydrogen (secondary N) is 2. The predicted octanol–water partition coefficient (Wildman–Crippen LogP) is -0.229. The quantitative estimate of drug-likeness (QED) is 0.484. The molecule has 0 saturated carbocycles. The van der Waals surface area contributed by atoms with Crippen LogP contribution in [0.1, 0.15) is 0 Å². The molecule has 1 aromatic heterocycles. The molecule has 0 atom stereocenters. The summed E-state index contributed by atoms with van der Waals surface area (Å²) in [6.45, 7) is 0.766. The molecule has 0 amide bonds. The van der Waals surface area contributed by atoms with Crippen LogP contribution in [0, 0.1) is 0 Å². The van der Waals surface area contributed by atoms with Gasteiger partial charge in [0.25, 0.3) is 0 Å². The molecule has 0 aliphatic carbocycles. The van der Waals surface area contributed by atoms with E-state index in [1.54, 1.807) is 6.20 Å². The molecule has 0 fully saturated rings. The molecule has 8 heavy (non-hydrogen) atoms. The monoisotopic (exact) mass is 110 g/mol. The molecule has 4 nitrogen and oxygen atoms in total. The van der Waals surface area contributed by atoms with Crippen molar-refractivity contribution in [1.29, 1.82) is 0 Å². The fourth-order valence-corrected chi connectivity index (χ4v) is 0.770. The van der Waals surface area contributed by atoms with Gasteiger partial charge in [0.1, 0.15) is 12.5 Å². The summed E-state index contributed by atoms with van der Waals surface area (Å²) in [6, 6.07) is 1.92. The van der Waals surface area contributed by atoms with Gasteiger partial charge in [-0.2, -0.15) is 5.10 Å². The number of rotatable bonds is 0. The van der Waals surface area contributed by atoms with Crippen LogP contribution in [0.4, 0.5) is 5.82 Å². The Morgan fingerprint density at radius 2 is 2.75 bits per heavy atom. The molecule has 0 unspecified atom stereocenters. The van der Waals surface area contributed by atoms with Crippen molar-refractivity contribution in [1.82, 2.24) is 15.2 Å². The van der Waals surface area contributed by atoms with Gasteiger partial charge in [0.2, 0.25) is 0 Å². The van der Waals surface area contributed by atoms with Gasteiger partial charge < -0.3 is 5.43 Å². The number of hydrogen-bond donors (Lipinski definition) is 2. The van der Waals surface area contributed by atoms with Crippen LogP contribution in [0.25, 0.3) is 0 Å². The predicted molar refractivity (Wildman–Crippen MR) is 29.0 cm³/mol. The van der Waals surface area contributed by atoms with Crippen LogP contribution in [0.2, 0.25) is 0 Å². The van der Waals surface area contributed by atoms with E-state index in [2.05, 4.69) is 16.0 Å². The summed E-state index contributed by atoms with van der Waals surface area (Å²) < 4.78 is 1.85. The lowest BCUT2D eigenvalue weighted by atomic mass is 10.7. The minimum Gasteiger partial charge on any atom is -0.304 e. The van der Waals surface area contributed by atoms with Crippen LogP contribution < -0.4 is 10.9 Å². The Hall–Kier alpha value is -1.03. The van der Waals surface area contributed by atoms with Crippen LogP contribution in [-0.4, -0.2) is 9.78 Å². The first-order valence-electron chi connectivity index (χ1n) is 2.47. The summed E-state index contributed by atoms with van der Waals surface area (Å²) in [7, 11) is 0. The first-order chi connectivity index (χ1) is 3.97. The molecule has 2 N–H and O–H groups in total. The highest BCUT2D eigenvalue weighted by Gasteiger charge is 2.05. The molecular formula is C4H6N4. The Morgan fingerprint density at radius 3 is 3.62 bits per heavy atom. The maximum absolute atomic E-state index is 3.99. The zero-order chi connectivity index (χ0) is 5.40. The zero-order valence-electron chi connectivity index (χ0n) is 4.26. The second kappa shape index (κ2) is 1.23. The number of nitrogens with zero attached hydrogens (tertiary/aromatic N) is 2. The van der Waals surface area contributed by atoms with Gasteiger partial charge in [-0.05, 0) is 0 Å². The topological polar surface area (TPSA) is 41.9 Å². The third-order valence-corrected chi connectivity index (χ3v) is 1.16. The average molecular weight is 110 g/mol. The van der Waals surface area contributed by atoms with Crippen LogP contribution in [0.3, 0.4) is 0 Å². The van der Waals surface area contributed by atoms with Crippen LogP contribution in [-0.2, 0) is 6.67 Å². The molecule has 0 aromatic carbocycles. The first kappa shape index (κ1) is 3.91. The van der Waals surface area contributed by atoms with E-state index in [-0.39, 0.29) is 0 Å². The van der Waals surface area contributed by atoms with E-state index in [9.17, 15) is 0 Å². The first-order valence-corrected chi connectivity index (χ1v) is 2.47. The lowest BCUT2D eigenvalue weighted by molar-refractivity contribution is 0.620. The fourth-order valence-electron chi connectivity index (χ4n) is 0.770. The Bertz CT molecular complexity index is 173. The van der Waals surface area contributed by atoms with Gasteiger partial charge in [-0.25, -0.2) is 10.1 Å². The van der Waals surface area contributed by atoms with Gasteiger partial charge in [-0.1, -0.05) is 0 Å². The Balaban J connectivity index is 2.54. The summed E-state index contributed by atoms with van der Waals surface area (Å²) in [6.07, 6.45) is 1.77.